The number of carbonyl (C=O) groups is 3. The van der Waals surface area contributed by atoms with Gasteiger partial charge in [0, 0.05) is 39.2 Å². The van der Waals surface area contributed by atoms with E-state index in [0.717, 1.165) is 46.5 Å². The van der Waals surface area contributed by atoms with Crippen molar-refractivity contribution in [3.05, 3.63) is 144 Å². The molecule has 7 nitrogen and oxygen atoms in total. The number of anilines is 3. The Morgan fingerprint density at radius 3 is 1.68 bits per heavy atom. The summed E-state index contributed by atoms with van der Waals surface area (Å²) in [5.74, 6) is -2.91. The van der Waals surface area contributed by atoms with Crippen LogP contribution in [0.3, 0.4) is 0 Å². The van der Waals surface area contributed by atoms with Gasteiger partial charge in [-0.3, -0.25) is 0 Å². The number of ether oxygens (including phenoxy) is 3. The Bertz CT molecular complexity index is 2270. The quantitative estimate of drug-likeness (QED) is 0.0344. The molecular weight excluding hydrogens is 789 g/mol. The summed E-state index contributed by atoms with van der Waals surface area (Å²) in [4.78, 5) is 37.8. The van der Waals surface area contributed by atoms with Gasteiger partial charge in [-0.15, -0.1) is 0 Å². The van der Waals surface area contributed by atoms with Crippen molar-refractivity contribution in [2.24, 2.45) is 0 Å². The van der Waals surface area contributed by atoms with Crippen LogP contribution < -0.4 is 9.64 Å². The number of nitrogens with zero attached hydrogens (tertiary/aromatic N) is 1. The number of hydrogen-bond donors (Lipinski definition) is 0. The van der Waals surface area contributed by atoms with Crippen LogP contribution in [0, 0.1) is 0 Å². The fourth-order valence-corrected chi connectivity index (χ4v) is 7.30. The number of rotatable bonds is 17. The molecule has 1 aliphatic rings. The van der Waals surface area contributed by atoms with Crippen molar-refractivity contribution in [1.82, 2.24) is 0 Å². The molecule has 0 radical (unpaired) electrons. The molecule has 1 aliphatic carbocycles. The monoisotopic (exact) mass is 833 g/mol. The normalized spacial score (nSPS) is 12.8. The maximum Gasteiger partial charge on any atom is 0.420 e. The highest BCUT2D eigenvalue weighted by Crippen LogP contribution is 2.56. The van der Waals surface area contributed by atoms with E-state index >= 15 is 0 Å². The standard InChI is InChI=1S/C47H45F6NO6/c1-29(2)42(55)58-24-11-9-22-45(23-10-12-25-59-43(56)30(3)4)38-17-8-7-16-36(38)37-20-18-34(27-39(37)45)54(33-15-13-14-32(26-33)46(48,49)50)35-19-21-41(60-44(57)31(5)6)40(28-35)47(51,52)53/h7-8,13-21,26-28H,1,3,5,9-12,22-25H2,2,4,6H3. The summed E-state index contributed by atoms with van der Waals surface area (Å²) in [5.41, 5.74) is 0.857. The van der Waals surface area contributed by atoms with E-state index in [-0.39, 0.29) is 47.0 Å². The Morgan fingerprint density at radius 1 is 0.583 bits per heavy atom. The molecule has 0 bridgehead atoms. The number of halogens is 6. The van der Waals surface area contributed by atoms with E-state index in [4.69, 9.17) is 14.2 Å². The van der Waals surface area contributed by atoms with Gasteiger partial charge in [0.15, 0.2) is 0 Å². The molecule has 13 heteroatoms. The fourth-order valence-electron chi connectivity index (χ4n) is 7.30. The summed E-state index contributed by atoms with van der Waals surface area (Å²) in [6.45, 7) is 15.3. The molecule has 0 N–H and O–H groups in total. The number of fused-ring (bicyclic) bond motifs is 3. The molecule has 0 saturated carbocycles. The highest BCUT2D eigenvalue weighted by Gasteiger charge is 2.43. The van der Waals surface area contributed by atoms with E-state index in [1.807, 2.05) is 30.3 Å². The van der Waals surface area contributed by atoms with Crippen LogP contribution in [0.1, 0.15) is 81.5 Å². The first-order chi connectivity index (χ1) is 28.2. The highest BCUT2D eigenvalue weighted by atomic mass is 19.4. The minimum absolute atomic E-state index is 0.0793. The van der Waals surface area contributed by atoms with Gasteiger partial charge in [-0.2, -0.15) is 26.3 Å². The summed E-state index contributed by atoms with van der Waals surface area (Å²) >= 11 is 0. The first-order valence-electron chi connectivity index (χ1n) is 19.2. The van der Waals surface area contributed by atoms with Gasteiger partial charge in [-0.25, -0.2) is 14.4 Å². The SMILES string of the molecule is C=C(C)C(=O)OCCCCC1(CCCCOC(=O)C(=C)C)c2ccccc2-c2ccc(N(c3cccc(C(F)(F)F)c3)c3ccc(OC(=O)C(=C)C)c(C(F)(F)F)c3)cc21. The van der Waals surface area contributed by atoms with Crippen molar-refractivity contribution in [3.8, 4) is 16.9 Å². The smallest absolute Gasteiger partial charge is 0.420 e. The molecule has 0 atom stereocenters. The van der Waals surface area contributed by atoms with Crippen molar-refractivity contribution in [3.63, 3.8) is 0 Å². The Balaban J connectivity index is 1.67. The van der Waals surface area contributed by atoms with Gasteiger partial charge in [0.2, 0.25) is 0 Å². The van der Waals surface area contributed by atoms with Crippen LogP contribution in [-0.4, -0.2) is 31.1 Å². The van der Waals surface area contributed by atoms with Crippen molar-refractivity contribution < 1.29 is 54.9 Å². The molecule has 0 aromatic heterocycles. The lowest BCUT2D eigenvalue weighted by Crippen LogP contribution is -2.26. The van der Waals surface area contributed by atoms with Gasteiger partial charge in [0.05, 0.1) is 18.8 Å². The average Bonchev–Trinajstić information content (AvgIpc) is 3.46. The number of alkyl halides is 6. The minimum Gasteiger partial charge on any atom is -0.462 e. The minimum atomic E-state index is -5.04. The van der Waals surface area contributed by atoms with E-state index in [2.05, 4.69) is 19.7 Å². The molecule has 0 unspecified atom stereocenters. The second kappa shape index (κ2) is 18.4. The van der Waals surface area contributed by atoms with E-state index in [9.17, 15) is 40.7 Å². The lowest BCUT2D eigenvalue weighted by Gasteiger charge is -2.34. The molecule has 0 amide bonds. The molecule has 60 heavy (non-hydrogen) atoms. The number of unbranched alkanes of at least 4 members (excludes halogenated alkanes) is 2. The predicted octanol–water partition coefficient (Wildman–Crippen LogP) is 12.5. The molecule has 0 fully saturated rings. The molecule has 316 valence electrons. The predicted molar refractivity (Wildman–Crippen MR) is 217 cm³/mol. The Labute approximate surface area is 344 Å². The first kappa shape index (κ1) is 45.0. The Kier molecular flexibility index (Phi) is 13.8. The second-order valence-electron chi connectivity index (χ2n) is 14.8. The summed E-state index contributed by atoms with van der Waals surface area (Å²) in [7, 11) is 0. The summed E-state index contributed by atoms with van der Waals surface area (Å²) < 4.78 is 102. The first-order valence-corrected chi connectivity index (χ1v) is 19.2. The van der Waals surface area contributed by atoms with Gasteiger partial charge < -0.3 is 19.1 Å². The molecule has 0 aliphatic heterocycles. The lowest BCUT2D eigenvalue weighted by molar-refractivity contribution is -0.141. The average molecular weight is 834 g/mol. The molecule has 4 aromatic rings. The van der Waals surface area contributed by atoms with Crippen molar-refractivity contribution >= 4 is 35.0 Å². The summed E-state index contributed by atoms with van der Waals surface area (Å²) in [6.07, 6.45) is -6.62. The number of esters is 3. The van der Waals surface area contributed by atoms with Gasteiger partial charge in [-0.05, 0) is 130 Å². The van der Waals surface area contributed by atoms with Crippen LogP contribution >= 0.6 is 0 Å². The molecule has 5 rings (SSSR count). The van der Waals surface area contributed by atoms with E-state index < -0.39 is 52.6 Å². The van der Waals surface area contributed by atoms with Crippen LogP contribution in [0.2, 0.25) is 0 Å². The molecular formula is C47H45F6NO6. The van der Waals surface area contributed by atoms with E-state index in [1.165, 1.54) is 30.0 Å². The van der Waals surface area contributed by atoms with Crippen LogP contribution in [0.5, 0.6) is 5.75 Å². The zero-order chi connectivity index (χ0) is 44.0. The van der Waals surface area contributed by atoms with E-state index in [0.29, 0.717) is 38.5 Å². The molecule has 4 aromatic carbocycles. The van der Waals surface area contributed by atoms with Crippen LogP contribution in [0.15, 0.2) is 121 Å². The third-order valence-electron chi connectivity index (χ3n) is 10.2. The largest absolute Gasteiger partial charge is 0.462 e. The van der Waals surface area contributed by atoms with Gasteiger partial charge in [-0.1, -0.05) is 56.1 Å². The fraction of sp³-hybridized carbons (Fsp3) is 0.298. The summed E-state index contributed by atoms with van der Waals surface area (Å²) in [6, 6.07) is 20.2. The molecule has 0 heterocycles. The Morgan fingerprint density at radius 2 is 1.12 bits per heavy atom. The Hall–Kier alpha value is -6.11. The van der Waals surface area contributed by atoms with Gasteiger partial charge >= 0.3 is 30.3 Å². The third kappa shape index (κ3) is 10.2. The van der Waals surface area contributed by atoms with E-state index in [1.54, 1.807) is 26.0 Å². The maximum atomic E-state index is 14.7. The number of hydrogen-bond acceptors (Lipinski definition) is 7. The molecule has 0 spiro atoms. The maximum absolute atomic E-state index is 14.7. The zero-order valence-corrected chi connectivity index (χ0v) is 33.5. The lowest BCUT2D eigenvalue weighted by atomic mass is 9.70. The van der Waals surface area contributed by atoms with Crippen molar-refractivity contribution in [2.75, 3.05) is 18.1 Å². The highest BCUT2D eigenvalue weighted by molar-refractivity contribution is 5.90. The third-order valence-corrected chi connectivity index (χ3v) is 10.2. The molecule has 0 saturated heterocycles. The van der Waals surface area contributed by atoms with Crippen LogP contribution in [0.25, 0.3) is 11.1 Å². The van der Waals surface area contributed by atoms with Gasteiger partial charge in [0.1, 0.15) is 11.3 Å². The van der Waals surface area contributed by atoms with Gasteiger partial charge in [0.25, 0.3) is 0 Å². The summed E-state index contributed by atoms with van der Waals surface area (Å²) in [5, 5.41) is 0. The zero-order valence-electron chi connectivity index (χ0n) is 33.5. The van der Waals surface area contributed by atoms with Crippen molar-refractivity contribution in [1.29, 1.82) is 0 Å². The van der Waals surface area contributed by atoms with Crippen molar-refractivity contribution in [2.45, 2.75) is 77.1 Å². The topological polar surface area (TPSA) is 82.1 Å². The van der Waals surface area contributed by atoms with Crippen LogP contribution in [-0.2, 0) is 41.6 Å². The van der Waals surface area contributed by atoms with Crippen LogP contribution in [0.4, 0.5) is 43.4 Å². The number of carbonyl (C=O) groups excluding carboxylic acids is 3. The number of benzene rings is 4. The second-order valence-corrected chi connectivity index (χ2v) is 14.8.